The highest BCUT2D eigenvalue weighted by Crippen LogP contribution is 2.43. The average Bonchev–Trinajstić information content (AvgIpc) is 3.01. The second kappa shape index (κ2) is 5.66. The Hall–Kier alpha value is -0.200. The van der Waals surface area contributed by atoms with Crippen molar-refractivity contribution in [3.63, 3.8) is 0 Å². The first-order valence-corrected chi connectivity index (χ1v) is 8.98. The largest absolute Gasteiger partial charge is 0.338 e. The molecule has 0 saturated carbocycles. The van der Waals surface area contributed by atoms with Gasteiger partial charge in [0.25, 0.3) is 0 Å². The SMILES string of the molecule is CC1CCNC1c1nc(C2CSC(C)C(C)S2)no1. The number of nitrogens with one attached hydrogen (secondary N) is 1. The smallest absolute Gasteiger partial charge is 0.244 e. The van der Waals surface area contributed by atoms with Crippen molar-refractivity contribution in [2.24, 2.45) is 5.92 Å². The van der Waals surface area contributed by atoms with Crippen molar-refractivity contribution >= 4 is 23.5 Å². The molecule has 5 atom stereocenters. The molecule has 5 unspecified atom stereocenters. The number of aromatic nitrogens is 2. The van der Waals surface area contributed by atoms with Gasteiger partial charge in [-0.1, -0.05) is 25.9 Å². The summed E-state index contributed by atoms with van der Waals surface area (Å²) in [5, 5.41) is 9.40. The molecule has 4 nitrogen and oxygen atoms in total. The Morgan fingerprint density at radius 3 is 2.79 bits per heavy atom. The third-order valence-corrected chi connectivity index (χ3v) is 7.48. The summed E-state index contributed by atoms with van der Waals surface area (Å²) in [6, 6.07) is 0.249. The Morgan fingerprint density at radius 2 is 2.11 bits per heavy atom. The molecule has 2 fully saturated rings. The van der Waals surface area contributed by atoms with Gasteiger partial charge in [-0.15, -0.1) is 11.8 Å². The van der Waals surface area contributed by atoms with Crippen LogP contribution in [0.3, 0.4) is 0 Å². The van der Waals surface area contributed by atoms with Crippen LogP contribution in [0.5, 0.6) is 0 Å². The highest BCUT2D eigenvalue weighted by atomic mass is 32.2. The Morgan fingerprint density at radius 1 is 1.26 bits per heavy atom. The summed E-state index contributed by atoms with van der Waals surface area (Å²) in [5.74, 6) is 3.33. The van der Waals surface area contributed by atoms with E-state index in [1.807, 2.05) is 23.5 Å². The first-order valence-electron chi connectivity index (χ1n) is 6.99. The van der Waals surface area contributed by atoms with Crippen LogP contribution in [0.2, 0.25) is 0 Å². The lowest BCUT2D eigenvalue weighted by Crippen LogP contribution is -2.22. The van der Waals surface area contributed by atoms with E-state index in [1.165, 1.54) is 6.42 Å². The third-order valence-electron chi connectivity index (χ3n) is 4.09. The van der Waals surface area contributed by atoms with Gasteiger partial charge >= 0.3 is 0 Å². The number of rotatable bonds is 2. The molecule has 3 rings (SSSR count). The molecule has 0 aliphatic carbocycles. The molecule has 1 N–H and O–H groups in total. The van der Waals surface area contributed by atoms with Crippen LogP contribution in [0.15, 0.2) is 4.52 Å². The predicted octanol–water partition coefficient (Wildman–Crippen LogP) is 3.04. The Kier molecular flexibility index (Phi) is 4.10. The van der Waals surface area contributed by atoms with Crippen LogP contribution in [0.25, 0.3) is 0 Å². The van der Waals surface area contributed by atoms with Crippen molar-refractivity contribution in [1.82, 2.24) is 15.5 Å². The van der Waals surface area contributed by atoms with Crippen LogP contribution in [0, 0.1) is 5.92 Å². The summed E-state index contributed by atoms with van der Waals surface area (Å²) in [7, 11) is 0. The van der Waals surface area contributed by atoms with Gasteiger partial charge in [0.05, 0.1) is 11.3 Å². The maximum Gasteiger partial charge on any atom is 0.244 e. The fraction of sp³-hybridized carbons (Fsp3) is 0.846. The first kappa shape index (κ1) is 13.8. The van der Waals surface area contributed by atoms with E-state index in [-0.39, 0.29) is 6.04 Å². The minimum absolute atomic E-state index is 0.249. The standard InChI is InChI=1S/C13H21N3OS2/c1-7-4-5-14-11(7)13-15-12(16-17-13)10-6-18-8(2)9(3)19-10/h7-11,14H,4-6H2,1-3H3. The normalized spacial score (nSPS) is 39.6. The van der Waals surface area contributed by atoms with E-state index in [9.17, 15) is 0 Å². The van der Waals surface area contributed by atoms with E-state index in [1.54, 1.807) is 0 Å². The number of nitrogens with zero attached hydrogens (tertiary/aromatic N) is 2. The van der Waals surface area contributed by atoms with E-state index < -0.39 is 0 Å². The zero-order valence-electron chi connectivity index (χ0n) is 11.6. The lowest BCUT2D eigenvalue weighted by molar-refractivity contribution is 0.317. The maximum atomic E-state index is 5.49. The monoisotopic (exact) mass is 299 g/mol. The fourth-order valence-electron chi connectivity index (χ4n) is 2.59. The average molecular weight is 299 g/mol. The minimum Gasteiger partial charge on any atom is -0.338 e. The molecule has 2 aliphatic heterocycles. The van der Waals surface area contributed by atoms with Gasteiger partial charge in [-0.25, -0.2) is 0 Å². The van der Waals surface area contributed by atoms with E-state index in [0.29, 0.717) is 21.7 Å². The van der Waals surface area contributed by atoms with E-state index >= 15 is 0 Å². The van der Waals surface area contributed by atoms with Crippen molar-refractivity contribution in [3.8, 4) is 0 Å². The van der Waals surface area contributed by atoms with Crippen LogP contribution >= 0.6 is 23.5 Å². The van der Waals surface area contributed by atoms with Crippen molar-refractivity contribution in [2.75, 3.05) is 12.3 Å². The van der Waals surface area contributed by atoms with Gasteiger partial charge in [-0.2, -0.15) is 16.7 Å². The molecule has 2 saturated heterocycles. The molecule has 1 aromatic rings. The minimum atomic E-state index is 0.249. The van der Waals surface area contributed by atoms with E-state index in [0.717, 1.165) is 24.0 Å². The molecule has 0 amide bonds. The summed E-state index contributed by atoms with van der Waals surface area (Å²) in [4.78, 5) is 4.65. The van der Waals surface area contributed by atoms with Crippen LogP contribution in [-0.2, 0) is 0 Å². The predicted molar refractivity (Wildman–Crippen MR) is 80.5 cm³/mol. The molecule has 6 heteroatoms. The van der Waals surface area contributed by atoms with Crippen LogP contribution < -0.4 is 5.32 Å². The summed E-state index contributed by atoms with van der Waals surface area (Å²) >= 11 is 3.99. The van der Waals surface area contributed by atoms with Gasteiger partial charge in [0.1, 0.15) is 0 Å². The van der Waals surface area contributed by atoms with Crippen molar-refractivity contribution in [2.45, 2.75) is 49.0 Å². The topological polar surface area (TPSA) is 51.0 Å². The summed E-state index contributed by atoms with van der Waals surface area (Å²) in [6.07, 6.45) is 1.19. The lowest BCUT2D eigenvalue weighted by atomic mass is 10.0. The number of hydrogen-bond acceptors (Lipinski definition) is 6. The summed E-state index contributed by atoms with van der Waals surface area (Å²) < 4.78 is 5.49. The van der Waals surface area contributed by atoms with Crippen molar-refractivity contribution in [1.29, 1.82) is 0 Å². The molecule has 106 valence electrons. The quantitative estimate of drug-likeness (QED) is 0.906. The molecular formula is C13H21N3OS2. The Labute approximate surface area is 122 Å². The molecule has 2 aliphatic rings. The molecule has 0 aromatic carbocycles. The maximum absolute atomic E-state index is 5.49. The van der Waals surface area contributed by atoms with Crippen molar-refractivity contribution in [3.05, 3.63) is 11.7 Å². The number of thioether (sulfide) groups is 2. The van der Waals surface area contributed by atoms with Crippen LogP contribution in [0.1, 0.15) is 50.2 Å². The van der Waals surface area contributed by atoms with Gasteiger partial charge in [0.15, 0.2) is 5.82 Å². The Balaban J connectivity index is 1.71. The van der Waals surface area contributed by atoms with Gasteiger partial charge in [0, 0.05) is 16.3 Å². The zero-order valence-corrected chi connectivity index (χ0v) is 13.3. The second-order valence-electron chi connectivity index (χ2n) is 5.56. The molecule has 0 bridgehead atoms. The summed E-state index contributed by atoms with van der Waals surface area (Å²) in [6.45, 7) is 7.87. The fourth-order valence-corrected chi connectivity index (χ4v) is 5.42. The van der Waals surface area contributed by atoms with Crippen LogP contribution in [-0.4, -0.2) is 32.9 Å². The Bertz CT molecular complexity index is 439. The second-order valence-corrected chi connectivity index (χ2v) is 8.55. The molecule has 19 heavy (non-hydrogen) atoms. The molecule has 0 spiro atoms. The van der Waals surface area contributed by atoms with Gasteiger partial charge in [0.2, 0.25) is 5.89 Å². The molecule has 1 aromatic heterocycles. The van der Waals surface area contributed by atoms with Gasteiger partial charge < -0.3 is 9.84 Å². The van der Waals surface area contributed by atoms with Crippen molar-refractivity contribution < 1.29 is 4.52 Å². The highest BCUT2D eigenvalue weighted by molar-refractivity contribution is 8.07. The van der Waals surface area contributed by atoms with Gasteiger partial charge in [-0.3, -0.25) is 0 Å². The molecule has 3 heterocycles. The zero-order chi connectivity index (χ0) is 13.4. The lowest BCUT2D eigenvalue weighted by Gasteiger charge is -2.29. The summed E-state index contributed by atoms with van der Waals surface area (Å²) in [5.41, 5.74) is 0. The van der Waals surface area contributed by atoms with Gasteiger partial charge in [-0.05, 0) is 18.9 Å². The van der Waals surface area contributed by atoms with E-state index in [2.05, 4.69) is 36.2 Å². The molecular weight excluding hydrogens is 278 g/mol. The molecule has 0 radical (unpaired) electrons. The first-order chi connectivity index (χ1) is 9.15. The highest BCUT2D eigenvalue weighted by Gasteiger charge is 2.33. The van der Waals surface area contributed by atoms with E-state index in [4.69, 9.17) is 4.52 Å². The van der Waals surface area contributed by atoms with Crippen LogP contribution in [0.4, 0.5) is 0 Å². The third kappa shape index (κ3) is 2.81. The number of hydrogen-bond donors (Lipinski definition) is 1.